The van der Waals surface area contributed by atoms with Gasteiger partial charge in [0.25, 0.3) is 0 Å². The van der Waals surface area contributed by atoms with Crippen molar-refractivity contribution in [2.24, 2.45) is 0 Å². The van der Waals surface area contributed by atoms with Crippen molar-refractivity contribution in [3.05, 3.63) is 242 Å². The van der Waals surface area contributed by atoms with Crippen LogP contribution in [0.5, 0.6) is 0 Å². The number of hydrogen-bond acceptors (Lipinski definition) is 2. The summed E-state index contributed by atoms with van der Waals surface area (Å²) in [7, 11) is 2.14. The number of allylic oxidation sites excluding steroid dienone is 5. The van der Waals surface area contributed by atoms with Gasteiger partial charge in [0.15, 0.2) is 0 Å². The maximum absolute atomic E-state index is 4.89. The van der Waals surface area contributed by atoms with Crippen molar-refractivity contribution in [2.75, 3.05) is 11.9 Å². The van der Waals surface area contributed by atoms with Gasteiger partial charge < -0.3 is 4.90 Å². The van der Waals surface area contributed by atoms with Gasteiger partial charge in [-0.05, 0) is 143 Å². The van der Waals surface area contributed by atoms with Gasteiger partial charge in [-0.25, -0.2) is 0 Å². The third-order valence-electron chi connectivity index (χ3n) is 12.6. The van der Waals surface area contributed by atoms with Crippen LogP contribution in [0, 0.1) is 0 Å². The smallest absolute Gasteiger partial charge is 0.0488 e. The molecule has 0 aliphatic heterocycles. The third-order valence-corrected chi connectivity index (χ3v) is 12.6. The molecule has 0 bridgehead atoms. The lowest BCUT2D eigenvalue weighted by Gasteiger charge is -2.24. The van der Waals surface area contributed by atoms with Crippen molar-refractivity contribution < 1.29 is 0 Å². The molecular formula is C61H46N2. The summed E-state index contributed by atoms with van der Waals surface area (Å²) >= 11 is 0. The highest BCUT2D eigenvalue weighted by atomic mass is 15.1. The molecule has 8 aromatic carbocycles. The first-order chi connectivity index (χ1) is 30.9. The molecule has 2 nitrogen and oxygen atoms in total. The molecule has 2 heteroatoms. The minimum absolute atomic E-state index is 1.02. The van der Waals surface area contributed by atoms with Gasteiger partial charge in [0.05, 0.1) is 0 Å². The summed E-state index contributed by atoms with van der Waals surface area (Å²) in [5, 5.41) is 4.72. The molecule has 300 valence electrons. The fourth-order valence-electron chi connectivity index (χ4n) is 9.55. The normalized spacial score (nSPS) is 12.2. The molecule has 1 aliphatic rings. The molecule has 9 aromatic rings. The maximum Gasteiger partial charge on any atom is 0.0488 e. The number of fused-ring (bicyclic) bond motifs is 5. The van der Waals surface area contributed by atoms with Crippen LogP contribution in [0.25, 0.3) is 94.4 Å². The predicted molar refractivity (Wildman–Crippen MR) is 272 cm³/mol. The number of benzene rings is 8. The Bertz CT molecular complexity index is 3330. The van der Waals surface area contributed by atoms with Gasteiger partial charge in [0, 0.05) is 41.8 Å². The van der Waals surface area contributed by atoms with E-state index >= 15 is 0 Å². The lowest BCUT2D eigenvalue weighted by Crippen LogP contribution is -2.10. The number of rotatable bonds is 10. The Labute approximate surface area is 370 Å². The standard InChI is InChI=1S/C61H46N2/c1-6-8-11-18-40(3)57-52-23-16-17-24-53(52)60(44-19-12-9-13-20-44)61-54-33-32-51(50(7-2)58(54)41(4)59(57)61)43-27-25-42(26-28-43)45-31-34-56(63(5)49-21-14-10-15-22-49)55(38-45)47-29-30-48-39-62-36-35-46(48)37-47/h6-39H,1-2,4H2,3,5H3/b11-8-,40-18+. The first-order valence-corrected chi connectivity index (χ1v) is 21.4. The van der Waals surface area contributed by atoms with Crippen molar-refractivity contribution in [3.8, 4) is 55.6 Å². The molecule has 1 heterocycles. The Morgan fingerprint density at radius 3 is 1.98 bits per heavy atom. The molecule has 1 aliphatic carbocycles. The molecule has 0 amide bonds. The summed E-state index contributed by atoms with van der Waals surface area (Å²) in [5.74, 6) is 0. The van der Waals surface area contributed by atoms with E-state index in [4.69, 9.17) is 6.58 Å². The van der Waals surface area contributed by atoms with Crippen LogP contribution in [0.15, 0.2) is 220 Å². The molecule has 1 aromatic heterocycles. The Balaban J connectivity index is 1.09. The van der Waals surface area contributed by atoms with Crippen LogP contribution < -0.4 is 4.90 Å². The first-order valence-electron chi connectivity index (χ1n) is 21.4. The number of para-hydroxylation sites is 1. The highest BCUT2D eigenvalue weighted by Gasteiger charge is 2.33. The molecule has 10 rings (SSSR count). The van der Waals surface area contributed by atoms with E-state index in [0.29, 0.717) is 0 Å². The molecule has 0 radical (unpaired) electrons. The van der Waals surface area contributed by atoms with Crippen LogP contribution in [0.1, 0.15) is 29.2 Å². The summed E-state index contributed by atoms with van der Waals surface area (Å²) in [4.78, 5) is 6.61. The van der Waals surface area contributed by atoms with E-state index in [-0.39, 0.29) is 0 Å². The summed E-state index contributed by atoms with van der Waals surface area (Å²) in [6.45, 7) is 15.4. The van der Waals surface area contributed by atoms with Crippen molar-refractivity contribution in [1.29, 1.82) is 0 Å². The second kappa shape index (κ2) is 16.4. The molecule has 0 saturated heterocycles. The number of nitrogens with zero attached hydrogens (tertiary/aromatic N) is 2. The van der Waals surface area contributed by atoms with Crippen molar-refractivity contribution in [3.63, 3.8) is 0 Å². The van der Waals surface area contributed by atoms with Crippen LogP contribution in [-0.4, -0.2) is 12.0 Å². The zero-order valence-electron chi connectivity index (χ0n) is 35.6. The summed E-state index contributed by atoms with van der Waals surface area (Å²) in [6.07, 6.45) is 13.8. The molecule has 0 fully saturated rings. The molecule has 0 atom stereocenters. The van der Waals surface area contributed by atoms with E-state index < -0.39 is 0 Å². The zero-order chi connectivity index (χ0) is 43.0. The minimum Gasteiger partial charge on any atom is -0.344 e. The van der Waals surface area contributed by atoms with Crippen LogP contribution >= 0.6 is 0 Å². The van der Waals surface area contributed by atoms with Crippen LogP contribution in [0.2, 0.25) is 0 Å². The van der Waals surface area contributed by atoms with Gasteiger partial charge >= 0.3 is 0 Å². The first kappa shape index (κ1) is 39.1. The monoisotopic (exact) mass is 806 g/mol. The molecule has 0 N–H and O–H groups in total. The quantitative estimate of drug-likeness (QED) is 0.128. The van der Waals surface area contributed by atoms with Crippen molar-refractivity contribution >= 4 is 50.1 Å². The average Bonchev–Trinajstić information content (AvgIpc) is 3.63. The van der Waals surface area contributed by atoms with E-state index in [1.807, 2.05) is 30.6 Å². The Hall–Kier alpha value is -8.07. The minimum atomic E-state index is 1.02. The largest absolute Gasteiger partial charge is 0.344 e. The number of pyridine rings is 1. The van der Waals surface area contributed by atoms with E-state index in [2.05, 4.69) is 213 Å². The Kier molecular flexibility index (Phi) is 10.2. The van der Waals surface area contributed by atoms with Gasteiger partial charge in [0.1, 0.15) is 0 Å². The van der Waals surface area contributed by atoms with Gasteiger partial charge in [-0.15, -0.1) is 0 Å². The predicted octanol–water partition coefficient (Wildman–Crippen LogP) is 16.7. The average molecular weight is 807 g/mol. The van der Waals surface area contributed by atoms with Crippen molar-refractivity contribution in [2.45, 2.75) is 6.92 Å². The lowest BCUT2D eigenvalue weighted by molar-refractivity contribution is 1.21. The molecular weight excluding hydrogens is 761 g/mol. The summed E-state index contributed by atoms with van der Waals surface area (Å²) in [6, 6.07) is 59.2. The second-order valence-electron chi connectivity index (χ2n) is 16.2. The van der Waals surface area contributed by atoms with Gasteiger partial charge in [-0.3, -0.25) is 4.98 Å². The highest BCUT2D eigenvalue weighted by molar-refractivity contribution is 6.20. The maximum atomic E-state index is 4.89. The fraction of sp³-hybridized carbons (Fsp3) is 0.0328. The van der Waals surface area contributed by atoms with Crippen LogP contribution in [-0.2, 0) is 0 Å². The molecule has 63 heavy (non-hydrogen) atoms. The molecule has 0 spiro atoms. The van der Waals surface area contributed by atoms with E-state index in [0.717, 1.165) is 72.2 Å². The van der Waals surface area contributed by atoms with E-state index in [1.165, 1.54) is 49.7 Å². The van der Waals surface area contributed by atoms with E-state index in [9.17, 15) is 0 Å². The lowest BCUT2D eigenvalue weighted by atomic mass is 9.83. The third kappa shape index (κ3) is 6.83. The zero-order valence-corrected chi connectivity index (χ0v) is 35.6. The highest BCUT2D eigenvalue weighted by Crippen LogP contribution is 2.56. The molecule has 0 unspecified atom stereocenters. The Morgan fingerprint density at radius 2 is 1.22 bits per heavy atom. The number of aromatic nitrogens is 1. The van der Waals surface area contributed by atoms with Crippen molar-refractivity contribution in [1.82, 2.24) is 4.98 Å². The summed E-state index contributed by atoms with van der Waals surface area (Å²) < 4.78 is 0. The van der Waals surface area contributed by atoms with E-state index in [1.54, 1.807) is 0 Å². The Morgan fingerprint density at radius 1 is 0.540 bits per heavy atom. The van der Waals surface area contributed by atoms with Crippen LogP contribution in [0.3, 0.4) is 0 Å². The number of hydrogen-bond donors (Lipinski definition) is 0. The van der Waals surface area contributed by atoms with Gasteiger partial charge in [0.2, 0.25) is 0 Å². The molecule has 0 saturated carbocycles. The topological polar surface area (TPSA) is 16.1 Å². The summed E-state index contributed by atoms with van der Waals surface area (Å²) in [5.41, 5.74) is 20.8. The van der Waals surface area contributed by atoms with Crippen LogP contribution in [0.4, 0.5) is 11.4 Å². The van der Waals surface area contributed by atoms with Gasteiger partial charge in [-0.2, -0.15) is 0 Å². The van der Waals surface area contributed by atoms with Gasteiger partial charge in [-0.1, -0.05) is 178 Å². The SMILES string of the molecule is C=C/C=C\C=C(/C)c1c2c(c(-c3ccccc3)c3ccccc13)-c1ccc(-c3ccc(-c4ccc(N(C)c5ccccc5)c(-c5ccc6cnccc6c5)c4)cc3)c(C=C)c1C2=C. The second-order valence-corrected chi connectivity index (χ2v) is 16.2. The fourth-order valence-corrected chi connectivity index (χ4v) is 9.55. The number of anilines is 2.